The van der Waals surface area contributed by atoms with Crippen molar-refractivity contribution < 1.29 is 77.9 Å². The van der Waals surface area contributed by atoms with Crippen molar-refractivity contribution in [3.8, 4) is 0 Å². The molecule has 17 nitrogen and oxygen atoms in total. The number of halogens is 1. The molecule has 65 heavy (non-hydrogen) atoms. The van der Waals surface area contributed by atoms with E-state index in [4.69, 9.17) is 16.9 Å². The van der Waals surface area contributed by atoms with E-state index in [0.717, 1.165) is 41.4 Å². The molecule has 3 aromatic carbocycles. The Bertz CT molecular complexity index is 2230. The summed E-state index contributed by atoms with van der Waals surface area (Å²) in [5, 5.41) is 25.8. The Morgan fingerprint density at radius 3 is 1.69 bits per heavy atom. The van der Waals surface area contributed by atoms with Crippen LogP contribution < -0.4 is 15.4 Å². The summed E-state index contributed by atoms with van der Waals surface area (Å²) in [6.07, 6.45) is 8.03. The summed E-state index contributed by atoms with van der Waals surface area (Å²) in [4.78, 5) is 13.2. The molecular formula is C42H58ClNO16S5-4. The maximum Gasteiger partial charge on any atom is 0.140 e. The van der Waals surface area contributed by atoms with Crippen LogP contribution in [0.15, 0.2) is 88.7 Å². The highest BCUT2D eigenvalue weighted by atomic mass is 35.5. The van der Waals surface area contributed by atoms with E-state index >= 15 is 0 Å². The number of carbonyl (C=O) groups is 1. The van der Waals surface area contributed by atoms with Gasteiger partial charge in [-0.2, -0.15) is 8.67 Å². The van der Waals surface area contributed by atoms with E-state index in [-0.39, 0.29) is 26.4 Å². The normalized spacial score (nSPS) is 19.9. The number of hydrogen-bond donors (Lipinski definition) is 1. The van der Waals surface area contributed by atoms with Crippen molar-refractivity contribution in [3.63, 3.8) is 0 Å². The molecule has 0 aromatic heterocycles. The number of aryl methyl sites for hydroxylation is 1. The molecule has 3 saturated carbocycles. The van der Waals surface area contributed by atoms with Crippen LogP contribution in [0.4, 0.5) is 0 Å². The third kappa shape index (κ3) is 18.3. The fourth-order valence-electron chi connectivity index (χ4n) is 8.40. The molecule has 3 atom stereocenters. The number of benzene rings is 3. The first kappa shape index (κ1) is 58.9. The van der Waals surface area contributed by atoms with Crippen LogP contribution in [-0.2, 0) is 59.3 Å². The number of likely N-dealkylation sites (N-methyl/N-ethyl adjacent to an activating group) is 1. The topological polar surface area (TPSA) is 276 Å². The van der Waals surface area contributed by atoms with Crippen molar-refractivity contribution in [2.75, 3.05) is 31.4 Å². The number of carbonyl (C=O) groups excluding carboxylic acids is 1. The largest absolute Gasteiger partial charge is 0.748 e. The Balaban J connectivity index is 0.000000287. The first-order chi connectivity index (χ1) is 30.2. The second kappa shape index (κ2) is 26.5. The molecule has 0 radical (unpaired) electrons. The van der Waals surface area contributed by atoms with E-state index in [1.807, 2.05) is 19.1 Å². The van der Waals surface area contributed by atoms with E-state index in [9.17, 15) is 49.0 Å². The van der Waals surface area contributed by atoms with Crippen molar-refractivity contribution in [3.05, 3.63) is 95.0 Å². The summed E-state index contributed by atoms with van der Waals surface area (Å²) < 4.78 is 99.5. The quantitative estimate of drug-likeness (QED) is 0.0681. The lowest BCUT2D eigenvalue weighted by atomic mass is 9.58. The Kier molecular flexibility index (Phi) is 24.0. The van der Waals surface area contributed by atoms with Gasteiger partial charge >= 0.3 is 0 Å². The first-order valence-electron chi connectivity index (χ1n) is 20.4. The van der Waals surface area contributed by atoms with Crippen LogP contribution in [0.3, 0.4) is 0 Å². The van der Waals surface area contributed by atoms with E-state index in [2.05, 4.69) is 72.7 Å². The van der Waals surface area contributed by atoms with Crippen molar-refractivity contribution in [2.24, 2.45) is 22.7 Å². The summed E-state index contributed by atoms with van der Waals surface area (Å²) in [7, 11) is -8.12. The van der Waals surface area contributed by atoms with E-state index in [0.29, 0.717) is 47.4 Å². The highest BCUT2D eigenvalue weighted by Gasteiger charge is 2.64. The minimum absolute atomic E-state index is 0.0311. The monoisotopic (exact) mass is 1030 g/mol. The van der Waals surface area contributed by atoms with Crippen LogP contribution >= 0.6 is 35.7 Å². The van der Waals surface area contributed by atoms with Gasteiger partial charge < -0.3 is 29.1 Å². The fourth-order valence-corrected chi connectivity index (χ4v) is 11.6. The van der Waals surface area contributed by atoms with Crippen LogP contribution in [-0.4, -0.2) is 82.1 Å². The van der Waals surface area contributed by atoms with E-state index in [1.54, 1.807) is 23.1 Å². The van der Waals surface area contributed by atoms with Gasteiger partial charge in [-0.15, -0.1) is 0 Å². The van der Waals surface area contributed by atoms with Gasteiger partial charge in [-0.3, -0.25) is 14.9 Å². The molecule has 3 aromatic rings. The predicted molar refractivity (Wildman–Crippen MR) is 239 cm³/mol. The molecule has 0 spiro atoms. The minimum atomic E-state index is -4.27. The predicted octanol–water partition coefficient (Wildman–Crippen LogP) is 4.47. The van der Waals surface area contributed by atoms with Gasteiger partial charge in [0, 0.05) is 70.0 Å². The molecule has 368 valence electrons. The Hall–Kier alpha value is -2.23. The maximum atomic E-state index is 12.0. The molecule has 3 aliphatic rings. The molecule has 0 amide bonds. The number of Topliss-reactive ketones (excluding diaryl/α,β-unsaturated/α-hetero) is 1. The van der Waals surface area contributed by atoms with Crippen LogP contribution in [0, 0.1) is 29.6 Å². The zero-order chi connectivity index (χ0) is 49.3. The smallest absolute Gasteiger partial charge is 0.140 e. The van der Waals surface area contributed by atoms with Crippen LogP contribution in [0.2, 0.25) is 5.02 Å². The molecular weight excluding hydrogens is 970 g/mol. The van der Waals surface area contributed by atoms with Gasteiger partial charge in [0.05, 0.1) is 40.0 Å². The first-order valence-corrected chi connectivity index (χ1v) is 27.0. The highest BCUT2D eigenvalue weighted by Crippen LogP contribution is 2.64. The van der Waals surface area contributed by atoms with E-state index in [1.165, 1.54) is 67.6 Å². The van der Waals surface area contributed by atoms with E-state index < -0.39 is 36.1 Å². The molecule has 0 saturated heterocycles. The Morgan fingerprint density at radius 1 is 0.785 bits per heavy atom. The van der Waals surface area contributed by atoms with Crippen molar-refractivity contribution in [1.29, 1.82) is 0 Å². The lowest BCUT2D eigenvalue weighted by Gasteiger charge is -2.49. The number of ketones is 1. The zero-order valence-corrected chi connectivity index (χ0v) is 42.1. The number of hydrogen-bond acceptors (Lipinski definition) is 18. The summed E-state index contributed by atoms with van der Waals surface area (Å²) in [5.74, 6) is 1.40. The lowest BCUT2D eigenvalue weighted by Crippen LogP contribution is -3.12. The molecule has 2 bridgehead atoms. The average molecular weight is 1030 g/mol. The average Bonchev–Trinajstić information content (AvgIpc) is 3.55. The number of nitrogens with one attached hydrogen (secondary N) is 1. The molecule has 0 heterocycles. The van der Waals surface area contributed by atoms with Gasteiger partial charge in [0.25, 0.3) is 0 Å². The molecule has 6 rings (SSSR count). The summed E-state index contributed by atoms with van der Waals surface area (Å²) in [6.45, 7) is 10.8. The molecule has 23 heteroatoms. The van der Waals surface area contributed by atoms with Gasteiger partial charge in [0.2, 0.25) is 0 Å². The van der Waals surface area contributed by atoms with Crippen molar-refractivity contribution >= 4 is 71.8 Å². The van der Waals surface area contributed by atoms with Gasteiger partial charge in [0.1, 0.15) is 26.0 Å². The molecule has 3 aliphatic carbocycles. The molecule has 0 aliphatic heterocycles. The van der Waals surface area contributed by atoms with Gasteiger partial charge in [0.15, 0.2) is 0 Å². The van der Waals surface area contributed by atoms with Crippen LogP contribution in [0.25, 0.3) is 0 Å². The number of fused-ring (bicyclic) bond motifs is 2. The van der Waals surface area contributed by atoms with Gasteiger partial charge in [-0.25, -0.2) is 25.3 Å². The van der Waals surface area contributed by atoms with Crippen LogP contribution in [0.5, 0.6) is 0 Å². The zero-order valence-electron chi connectivity index (χ0n) is 37.3. The van der Waals surface area contributed by atoms with Crippen molar-refractivity contribution in [2.45, 2.75) is 101 Å². The lowest BCUT2D eigenvalue weighted by molar-refractivity contribution is -0.893. The summed E-state index contributed by atoms with van der Waals surface area (Å²) >= 11 is 7.46. The van der Waals surface area contributed by atoms with Gasteiger partial charge in [-0.05, 0) is 91.8 Å². The van der Waals surface area contributed by atoms with Gasteiger partial charge in [-0.1, -0.05) is 93.7 Å². The SMILES string of the molecule is CC(C)CC([NH+](C)C)C1(c2ccc(Cl)cc2)CCC1.CC1(C)[C@@H]2CCC1(CSOO[O-])C(=O)C2.Cc1ccc(S(=O)(=O)[O-])cc1.O=S(=O)([O-])CCSOO[O-].O=S(=O)([O-])c1ccccc1. The second-order valence-electron chi connectivity index (χ2n) is 17.1. The summed E-state index contributed by atoms with van der Waals surface area (Å²) in [5.41, 5.74) is 2.53. The third-order valence-corrected chi connectivity index (χ3v) is 16.3. The highest BCUT2D eigenvalue weighted by molar-refractivity contribution is 7.96. The van der Waals surface area contributed by atoms with Crippen molar-refractivity contribution in [1.82, 2.24) is 0 Å². The van der Waals surface area contributed by atoms with Crippen LogP contribution in [0.1, 0.15) is 83.8 Å². The second-order valence-corrected chi connectivity index (χ2v) is 23.3. The maximum absolute atomic E-state index is 12.0. The molecule has 1 N–H and O–H groups in total. The molecule has 3 fully saturated rings. The Morgan fingerprint density at radius 2 is 1.31 bits per heavy atom. The molecule has 2 unspecified atom stereocenters. The number of rotatable bonds is 16. The fraction of sp³-hybridized carbons (Fsp3) is 0.548. The number of quaternary nitrogens is 1. The third-order valence-electron chi connectivity index (χ3n) is 12.1. The Labute approximate surface area is 397 Å². The standard InChI is InChI=1S/C17H26ClN.C10H16O4S.C7H8O3S.C6H6O3S.C2H6O6S2/c1-13(2)12-16(19(3)4)17(10-5-11-17)14-6-8-15(18)9-7-14;1-9(2)7-3-4-10(9,8(11)5-7)6-15-14-13-12;1-6-2-4-7(5-3-6)11(8,9)10;7-10(8,9)6-4-2-1-3-5-6;3-7-8-9-1-2-10(4,5)6/h6-9,13,16H,5,10-12H2,1-4H3;7,12H,3-6H2,1-2H3;2-5H,1H3,(H,8,9,10);1-5H,(H,7,8,9);3H,1-2H2,(H,4,5,6)/p-4/t;7-,10?;;;/m.1.../s1. The minimum Gasteiger partial charge on any atom is -0.748 e. The summed E-state index contributed by atoms with van der Waals surface area (Å²) in [6, 6.07) is 22.3.